The van der Waals surface area contributed by atoms with E-state index >= 15 is 0 Å². The van der Waals surface area contributed by atoms with Crippen LogP contribution < -0.4 is 11.1 Å². The fraction of sp³-hybridized carbons (Fsp3) is 0.500. The van der Waals surface area contributed by atoms with Gasteiger partial charge in [0.05, 0.1) is 6.42 Å². The zero-order valence-electron chi connectivity index (χ0n) is 12.5. The summed E-state index contributed by atoms with van der Waals surface area (Å²) in [6.45, 7) is 3.91. The molecule has 0 unspecified atom stereocenters. The maximum Gasteiger partial charge on any atom is 0.226 e. The van der Waals surface area contributed by atoms with Crippen molar-refractivity contribution in [1.29, 1.82) is 0 Å². The highest BCUT2D eigenvalue weighted by atomic mass is 16.2. The van der Waals surface area contributed by atoms with Crippen LogP contribution in [0, 0.1) is 5.92 Å². The van der Waals surface area contributed by atoms with Gasteiger partial charge in [-0.15, -0.1) is 0 Å². The number of hydrogen-bond acceptors (Lipinski definition) is 3. The molecular formula is C16H23N3O2. The molecule has 0 atom stereocenters. The van der Waals surface area contributed by atoms with Crippen LogP contribution in [0.1, 0.15) is 25.3 Å². The highest BCUT2D eigenvalue weighted by Gasteiger charge is 2.26. The van der Waals surface area contributed by atoms with Crippen LogP contribution in [0.15, 0.2) is 24.3 Å². The van der Waals surface area contributed by atoms with Crippen LogP contribution in [0.2, 0.25) is 0 Å². The summed E-state index contributed by atoms with van der Waals surface area (Å²) in [5.41, 5.74) is 7.31. The van der Waals surface area contributed by atoms with Crippen LogP contribution in [0.5, 0.6) is 0 Å². The Balaban J connectivity index is 1.83. The van der Waals surface area contributed by atoms with Gasteiger partial charge < -0.3 is 16.0 Å². The van der Waals surface area contributed by atoms with Gasteiger partial charge in [0, 0.05) is 31.2 Å². The molecule has 2 rings (SSSR count). The second kappa shape index (κ2) is 7.11. The van der Waals surface area contributed by atoms with E-state index in [2.05, 4.69) is 5.32 Å². The Bertz CT molecular complexity index is 491. The molecule has 1 heterocycles. The molecule has 0 saturated carbocycles. The molecule has 1 fully saturated rings. The zero-order valence-corrected chi connectivity index (χ0v) is 12.5. The average molecular weight is 289 g/mol. The molecule has 1 aromatic carbocycles. The Morgan fingerprint density at radius 3 is 2.43 bits per heavy atom. The molecule has 21 heavy (non-hydrogen) atoms. The SMILES string of the molecule is CCNC(=O)C1CCN(C(=O)Cc2ccc(N)cc2)CC1. The molecule has 1 aliphatic heterocycles. The predicted molar refractivity (Wildman–Crippen MR) is 82.5 cm³/mol. The number of anilines is 1. The Hall–Kier alpha value is -2.04. The van der Waals surface area contributed by atoms with E-state index in [1.807, 2.05) is 36.1 Å². The van der Waals surface area contributed by atoms with E-state index in [1.54, 1.807) is 0 Å². The highest BCUT2D eigenvalue weighted by molar-refractivity contribution is 5.81. The summed E-state index contributed by atoms with van der Waals surface area (Å²) in [6.07, 6.45) is 1.89. The normalized spacial score (nSPS) is 15.8. The molecule has 0 bridgehead atoms. The third-order valence-electron chi connectivity index (χ3n) is 3.90. The number of nitrogens with zero attached hydrogens (tertiary/aromatic N) is 1. The first-order valence-corrected chi connectivity index (χ1v) is 7.50. The first-order valence-electron chi connectivity index (χ1n) is 7.50. The van der Waals surface area contributed by atoms with Crippen LogP contribution >= 0.6 is 0 Å². The highest BCUT2D eigenvalue weighted by Crippen LogP contribution is 2.18. The molecule has 1 aromatic rings. The maximum absolute atomic E-state index is 12.2. The molecule has 1 aliphatic rings. The van der Waals surface area contributed by atoms with Crippen molar-refractivity contribution in [3.8, 4) is 0 Å². The van der Waals surface area contributed by atoms with Crippen molar-refractivity contribution in [3.63, 3.8) is 0 Å². The minimum atomic E-state index is 0.0468. The Kier molecular flexibility index (Phi) is 5.20. The number of likely N-dealkylation sites (tertiary alicyclic amines) is 1. The van der Waals surface area contributed by atoms with E-state index in [0.717, 1.165) is 18.4 Å². The number of benzene rings is 1. The molecule has 0 radical (unpaired) electrons. The smallest absolute Gasteiger partial charge is 0.226 e. The summed E-state index contributed by atoms with van der Waals surface area (Å²) in [6, 6.07) is 7.39. The van der Waals surface area contributed by atoms with Crippen molar-refractivity contribution in [1.82, 2.24) is 10.2 Å². The number of amides is 2. The fourth-order valence-corrected chi connectivity index (χ4v) is 2.63. The lowest BCUT2D eigenvalue weighted by Crippen LogP contribution is -2.43. The van der Waals surface area contributed by atoms with Crippen molar-refractivity contribution >= 4 is 17.5 Å². The second-order valence-electron chi connectivity index (χ2n) is 5.47. The number of nitrogens with one attached hydrogen (secondary N) is 1. The van der Waals surface area contributed by atoms with E-state index in [4.69, 9.17) is 5.73 Å². The average Bonchev–Trinajstić information content (AvgIpc) is 2.50. The van der Waals surface area contributed by atoms with Gasteiger partial charge in [-0.1, -0.05) is 12.1 Å². The summed E-state index contributed by atoms with van der Waals surface area (Å²) >= 11 is 0. The van der Waals surface area contributed by atoms with Gasteiger partial charge in [0.25, 0.3) is 0 Å². The Morgan fingerprint density at radius 2 is 1.86 bits per heavy atom. The van der Waals surface area contributed by atoms with Gasteiger partial charge in [0.15, 0.2) is 0 Å². The van der Waals surface area contributed by atoms with Gasteiger partial charge in [-0.05, 0) is 37.5 Å². The van der Waals surface area contributed by atoms with Crippen LogP contribution in [0.4, 0.5) is 5.69 Å². The Morgan fingerprint density at radius 1 is 1.24 bits per heavy atom. The third kappa shape index (κ3) is 4.21. The third-order valence-corrected chi connectivity index (χ3v) is 3.90. The number of carbonyl (C=O) groups is 2. The molecule has 1 saturated heterocycles. The van der Waals surface area contributed by atoms with Gasteiger partial charge in [-0.3, -0.25) is 9.59 Å². The molecule has 0 aliphatic carbocycles. The van der Waals surface area contributed by atoms with E-state index < -0.39 is 0 Å². The molecule has 0 spiro atoms. The van der Waals surface area contributed by atoms with Crippen LogP contribution in [-0.2, 0) is 16.0 Å². The van der Waals surface area contributed by atoms with Gasteiger partial charge in [0.2, 0.25) is 11.8 Å². The number of hydrogen-bond donors (Lipinski definition) is 2. The Labute approximate surface area is 125 Å². The van der Waals surface area contributed by atoms with E-state index in [9.17, 15) is 9.59 Å². The molecule has 2 amide bonds. The monoisotopic (exact) mass is 289 g/mol. The number of carbonyl (C=O) groups excluding carboxylic acids is 2. The largest absolute Gasteiger partial charge is 0.399 e. The van der Waals surface area contributed by atoms with Crippen molar-refractivity contribution in [2.45, 2.75) is 26.2 Å². The van der Waals surface area contributed by atoms with Crippen molar-refractivity contribution < 1.29 is 9.59 Å². The van der Waals surface area contributed by atoms with Crippen molar-refractivity contribution in [2.24, 2.45) is 5.92 Å². The maximum atomic E-state index is 12.2. The van der Waals surface area contributed by atoms with Crippen LogP contribution in [0.3, 0.4) is 0 Å². The lowest BCUT2D eigenvalue weighted by Gasteiger charge is -2.31. The van der Waals surface area contributed by atoms with Crippen LogP contribution in [0.25, 0.3) is 0 Å². The number of nitrogens with two attached hydrogens (primary N) is 1. The molecule has 0 aromatic heterocycles. The van der Waals surface area contributed by atoms with Crippen LogP contribution in [-0.4, -0.2) is 36.3 Å². The quantitative estimate of drug-likeness (QED) is 0.817. The summed E-state index contributed by atoms with van der Waals surface area (Å²) in [4.78, 5) is 25.9. The molecule has 5 heteroatoms. The number of nitrogen functional groups attached to an aromatic ring is 1. The van der Waals surface area contributed by atoms with E-state index in [0.29, 0.717) is 31.7 Å². The summed E-state index contributed by atoms with van der Waals surface area (Å²) in [5.74, 6) is 0.280. The summed E-state index contributed by atoms with van der Waals surface area (Å²) < 4.78 is 0. The predicted octanol–water partition coefficient (Wildman–Crippen LogP) is 1.19. The molecule has 114 valence electrons. The topological polar surface area (TPSA) is 75.4 Å². The second-order valence-corrected chi connectivity index (χ2v) is 5.47. The lowest BCUT2D eigenvalue weighted by atomic mass is 9.95. The van der Waals surface area contributed by atoms with Gasteiger partial charge in [-0.25, -0.2) is 0 Å². The summed E-state index contributed by atoms with van der Waals surface area (Å²) in [7, 11) is 0. The minimum absolute atomic E-state index is 0.0468. The fourth-order valence-electron chi connectivity index (χ4n) is 2.63. The first kappa shape index (κ1) is 15.4. The van der Waals surface area contributed by atoms with E-state index in [-0.39, 0.29) is 17.7 Å². The number of rotatable bonds is 4. The minimum Gasteiger partial charge on any atom is -0.399 e. The van der Waals surface area contributed by atoms with Crippen molar-refractivity contribution in [2.75, 3.05) is 25.4 Å². The van der Waals surface area contributed by atoms with Gasteiger partial charge in [0.1, 0.15) is 0 Å². The first-order chi connectivity index (χ1) is 10.1. The molecular weight excluding hydrogens is 266 g/mol. The van der Waals surface area contributed by atoms with Gasteiger partial charge in [-0.2, -0.15) is 0 Å². The molecule has 5 nitrogen and oxygen atoms in total. The zero-order chi connectivity index (χ0) is 15.2. The van der Waals surface area contributed by atoms with Gasteiger partial charge >= 0.3 is 0 Å². The standard InChI is InChI=1S/C16H23N3O2/c1-2-18-16(21)13-7-9-19(10-8-13)15(20)11-12-3-5-14(17)6-4-12/h3-6,13H,2,7-11,17H2,1H3,(H,18,21). The molecule has 3 N–H and O–H groups in total. The summed E-state index contributed by atoms with van der Waals surface area (Å²) in [5, 5.41) is 2.85. The number of piperidine rings is 1. The van der Waals surface area contributed by atoms with Crippen molar-refractivity contribution in [3.05, 3.63) is 29.8 Å². The van der Waals surface area contributed by atoms with E-state index in [1.165, 1.54) is 0 Å². The lowest BCUT2D eigenvalue weighted by molar-refractivity contribution is -0.135.